The molecule has 0 saturated heterocycles. The molecule has 0 atom stereocenters. The molecule has 0 N–H and O–H groups in total. The highest BCUT2D eigenvalue weighted by Gasteiger charge is 2.20. The van der Waals surface area contributed by atoms with Crippen molar-refractivity contribution in [2.45, 2.75) is 46.3 Å². The predicted octanol–water partition coefficient (Wildman–Crippen LogP) is 2.12. The molecule has 0 heterocycles. The topological polar surface area (TPSA) is 6.48 Å². The molecule has 0 fully saturated rings. The van der Waals surface area contributed by atoms with E-state index in [1.165, 1.54) is 12.5 Å². The second-order valence-electron chi connectivity index (χ2n) is 4.14. The minimum Gasteiger partial charge on any atom is -0.288 e. The zero-order valence-corrected chi connectivity index (χ0v) is 13.1. The molecule has 0 rings (SSSR count). The fourth-order valence-electron chi connectivity index (χ4n) is 2.33. The van der Waals surface area contributed by atoms with E-state index in [1.807, 2.05) is 0 Å². The molecule has 96 valence electrons. The molecule has 3 heteroatoms. The van der Waals surface area contributed by atoms with Crippen molar-refractivity contribution in [1.82, 2.24) is 9.80 Å². The van der Waals surface area contributed by atoms with Crippen LogP contribution in [0.3, 0.4) is 0 Å². The molecule has 2 nitrogen and oxygen atoms in total. The van der Waals surface area contributed by atoms with Crippen LogP contribution in [-0.4, -0.2) is 51.7 Å². The van der Waals surface area contributed by atoms with Crippen molar-refractivity contribution in [3.8, 4) is 0 Å². The zero-order chi connectivity index (χ0) is 12.4. The van der Waals surface area contributed by atoms with Gasteiger partial charge in [-0.2, -0.15) is 0 Å². The minimum atomic E-state index is -0.00510. The highest BCUT2D eigenvalue weighted by Crippen LogP contribution is 2.12. The van der Waals surface area contributed by atoms with Crippen LogP contribution in [0.5, 0.6) is 0 Å². The molecule has 0 aliphatic rings. The lowest BCUT2D eigenvalue weighted by atomic mass is 10.2. The predicted molar refractivity (Wildman–Crippen MR) is 77.8 cm³/mol. The third kappa shape index (κ3) is 5.28. The molecular weight excluding hydrogens is 212 g/mol. The van der Waals surface area contributed by atoms with E-state index in [4.69, 9.17) is 0 Å². The molecule has 0 aromatic rings. The van der Waals surface area contributed by atoms with Crippen LogP contribution in [0, 0.1) is 0 Å². The van der Waals surface area contributed by atoms with Crippen molar-refractivity contribution in [3.63, 3.8) is 0 Å². The molecule has 0 bridgehead atoms. The largest absolute Gasteiger partial charge is 0.288 e. The highest BCUT2D eigenvalue weighted by atomic mass is 28.2. The summed E-state index contributed by atoms with van der Waals surface area (Å²) in [5.41, 5.74) is 2.17. The normalized spacial score (nSPS) is 12.4. The summed E-state index contributed by atoms with van der Waals surface area (Å²) in [5.74, 6) is 0. The highest BCUT2D eigenvalue weighted by molar-refractivity contribution is 6.41. The van der Waals surface area contributed by atoms with Gasteiger partial charge in [0.2, 0.25) is 0 Å². The van der Waals surface area contributed by atoms with Crippen molar-refractivity contribution in [2.24, 2.45) is 0 Å². The third-order valence-electron chi connectivity index (χ3n) is 3.34. The van der Waals surface area contributed by atoms with Crippen molar-refractivity contribution in [3.05, 3.63) is 12.3 Å². The lowest BCUT2D eigenvalue weighted by Crippen LogP contribution is -2.48. The fraction of sp³-hybridized carbons (Fsp3) is 0.846. The van der Waals surface area contributed by atoms with E-state index in [-0.39, 0.29) is 9.52 Å². The minimum absolute atomic E-state index is 0.00510. The molecular formula is C13H30N2Si. The molecule has 0 spiro atoms. The summed E-state index contributed by atoms with van der Waals surface area (Å²) in [5, 5.41) is 0. The van der Waals surface area contributed by atoms with Crippen molar-refractivity contribution < 1.29 is 0 Å². The Morgan fingerprint density at radius 2 is 1.44 bits per heavy atom. The molecule has 0 aromatic carbocycles. The first-order valence-corrected chi connectivity index (χ1v) is 8.65. The van der Waals surface area contributed by atoms with Crippen LogP contribution < -0.4 is 0 Å². The summed E-state index contributed by atoms with van der Waals surface area (Å²) in [6, 6.07) is 1.39. The van der Waals surface area contributed by atoms with Gasteiger partial charge in [0.05, 0.1) is 6.17 Å². The summed E-state index contributed by atoms with van der Waals surface area (Å²) in [6.45, 7) is 17.6. The van der Waals surface area contributed by atoms with Crippen molar-refractivity contribution in [1.29, 1.82) is 0 Å². The lowest BCUT2D eigenvalue weighted by Gasteiger charge is -2.38. The summed E-state index contributed by atoms with van der Waals surface area (Å²) in [4.78, 5) is 5.18. The Kier molecular flexibility index (Phi) is 9.98. The molecule has 0 amide bonds. The lowest BCUT2D eigenvalue weighted by molar-refractivity contribution is 0.0540. The van der Waals surface area contributed by atoms with E-state index in [9.17, 15) is 0 Å². The first-order valence-electron chi connectivity index (χ1n) is 6.83. The summed E-state index contributed by atoms with van der Waals surface area (Å²) >= 11 is 0. The average molecular weight is 242 g/mol. The Morgan fingerprint density at radius 1 is 1.00 bits per heavy atom. The van der Waals surface area contributed by atoms with Gasteiger partial charge in [-0.15, -0.1) is 12.3 Å². The first kappa shape index (κ1) is 15.9. The molecule has 0 aromatic heterocycles. The van der Waals surface area contributed by atoms with Gasteiger partial charge >= 0.3 is 0 Å². The Bertz CT molecular complexity index is 153. The number of hydrogen-bond donors (Lipinski definition) is 0. The fourth-order valence-corrected chi connectivity index (χ4v) is 3.22. The molecule has 0 saturated carbocycles. The van der Waals surface area contributed by atoms with Gasteiger partial charge in [-0.25, -0.2) is 0 Å². The monoisotopic (exact) mass is 242 g/mol. The van der Waals surface area contributed by atoms with Crippen LogP contribution in [-0.2, 0) is 0 Å². The molecule has 0 unspecified atom stereocenters. The Balaban J connectivity index is 4.39. The van der Waals surface area contributed by atoms with Crippen LogP contribution in [0.2, 0.25) is 6.04 Å². The second kappa shape index (κ2) is 10.1. The van der Waals surface area contributed by atoms with Gasteiger partial charge < -0.3 is 0 Å². The smallest absolute Gasteiger partial charge is 0.0619 e. The second-order valence-corrected chi connectivity index (χ2v) is 6.00. The maximum atomic E-state index is 3.86. The van der Waals surface area contributed by atoms with Crippen LogP contribution in [0.1, 0.15) is 34.1 Å². The molecule has 0 radical (unpaired) electrons. The quantitative estimate of drug-likeness (QED) is 0.329. The first-order chi connectivity index (χ1) is 7.74. The maximum absolute atomic E-state index is 3.86. The van der Waals surface area contributed by atoms with Gasteiger partial charge in [0.25, 0.3) is 0 Å². The summed E-state index contributed by atoms with van der Waals surface area (Å²) in [7, 11) is -0.00510. The Hall–Kier alpha value is -0.123. The van der Waals surface area contributed by atoms with E-state index in [2.05, 4.69) is 49.8 Å². The Morgan fingerprint density at radius 3 is 1.75 bits per heavy atom. The van der Waals surface area contributed by atoms with Gasteiger partial charge in [-0.05, 0) is 32.6 Å². The average Bonchev–Trinajstić information content (AvgIpc) is 2.31. The summed E-state index contributed by atoms with van der Waals surface area (Å²) < 4.78 is 0. The standard InChI is InChI=1S/C13H30N2Si/c1-6-14(7-2)13(11-12-16-10-5)15(8-3)9-4/h10,13H,5-9,11-12,16H2,1-4H3. The van der Waals surface area contributed by atoms with Crippen LogP contribution in [0.4, 0.5) is 0 Å². The van der Waals surface area contributed by atoms with E-state index in [0.717, 1.165) is 26.2 Å². The molecule has 0 aliphatic heterocycles. The molecule has 16 heavy (non-hydrogen) atoms. The van der Waals surface area contributed by atoms with Crippen LogP contribution in [0.25, 0.3) is 0 Å². The zero-order valence-electron chi connectivity index (χ0n) is 11.7. The van der Waals surface area contributed by atoms with Gasteiger partial charge in [0.15, 0.2) is 0 Å². The number of nitrogens with zero attached hydrogens (tertiary/aromatic N) is 2. The number of rotatable bonds is 10. The van der Waals surface area contributed by atoms with E-state index >= 15 is 0 Å². The van der Waals surface area contributed by atoms with E-state index in [0.29, 0.717) is 6.17 Å². The van der Waals surface area contributed by atoms with Crippen LogP contribution >= 0.6 is 0 Å². The third-order valence-corrected chi connectivity index (χ3v) is 4.56. The number of hydrogen-bond acceptors (Lipinski definition) is 2. The van der Waals surface area contributed by atoms with Crippen molar-refractivity contribution in [2.75, 3.05) is 26.2 Å². The van der Waals surface area contributed by atoms with Gasteiger partial charge in [0.1, 0.15) is 0 Å². The van der Waals surface area contributed by atoms with Crippen molar-refractivity contribution >= 4 is 9.52 Å². The van der Waals surface area contributed by atoms with Gasteiger partial charge in [-0.3, -0.25) is 9.80 Å². The van der Waals surface area contributed by atoms with E-state index < -0.39 is 0 Å². The van der Waals surface area contributed by atoms with Gasteiger partial charge in [0, 0.05) is 9.52 Å². The SMILES string of the molecule is C=C[SiH2]CCC(N(CC)CC)N(CC)CC. The van der Waals surface area contributed by atoms with Crippen LogP contribution in [0.15, 0.2) is 12.3 Å². The van der Waals surface area contributed by atoms with E-state index in [1.54, 1.807) is 0 Å². The molecule has 0 aliphatic carbocycles. The maximum Gasteiger partial charge on any atom is 0.0619 e. The Labute approximate surface area is 105 Å². The summed E-state index contributed by atoms with van der Waals surface area (Å²) in [6.07, 6.45) is 1.97. The van der Waals surface area contributed by atoms with Gasteiger partial charge in [-0.1, -0.05) is 33.7 Å².